The highest BCUT2D eigenvalue weighted by molar-refractivity contribution is 7.10. The molecule has 0 unspecified atom stereocenters. The molecule has 0 fully saturated rings. The molecular weight excluding hydrogens is 336 g/mol. The number of rotatable bonds is 5. The molecule has 1 aromatic heterocycles. The lowest BCUT2D eigenvalue weighted by Gasteiger charge is -2.35. The van der Waals surface area contributed by atoms with Crippen molar-refractivity contribution in [1.29, 1.82) is 0 Å². The number of benzene rings is 3. The molecule has 1 heterocycles. The minimum Gasteiger partial charge on any atom is -0.496 e. The molecule has 26 heavy (non-hydrogen) atoms. The van der Waals surface area contributed by atoms with Gasteiger partial charge in [-0.2, -0.15) is 0 Å². The minimum atomic E-state index is -0.370. The standard InChI is InChI=1S/C24H20OS/c1-25-22-17-23(26-18-22)24(19-11-5-2-6-12-19,20-13-7-3-8-14-20)21-15-9-4-10-16-21/h2-18H,1H3. The molecule has 0 radical (unpaired) electrons. The highest BCUT2D eigenvalue weighted by atomic mass is 32.1. The van der Waals surface area contributed by atoms with Gasteiger partial charge in [-0.15, -0.1) is 11.3 Å². The van der Waals surface area contributed by atoms with E-state index in [4.69, 9.17) is 4.74 Å². The van der Waals surface area contributed by atoms with Gasteiger partial charge in [0.25, 0.3) is 0 Å². The average Bonchev–Trinajstić information content (AvgIpc) is 3.21. The van der Waals surface area contributed by atoms with Gasteiger partial charge < -0.3 is 4.74 Å². The molecule has 0 aliphatic carbocycles. The van der Waals surface area contributed by atoms with Gasteiger partial charge in [-0.05, 0) is 22.8 Å². The zero-order valence-corrected chi connectivity index (χ0v) is 15.4. The summed E-state index contributed by atoms with van der Waals surface area (Å²) in [5.74, 6) is 0.900. The molecule has 128 valence electrons. The van der Waals surface area contributed by atoms with Crippen molar-refractivity contribution >= 4 is 11.3 Å². The van der Waals surface area contributed by atoms with Crippen LogP contribution >= 0.6 is 11.3 Å². The lowest BCUT2D eigenvalue weighted by Crippen LogP contribution is -2.29. The molecule has 0 saturated heterocycles. The smallest absolute Gasteiger partial charge is 0.129 e. The SMILES string of the molecule is COc1csc(C(c2ccccc2)(c2ccccc2)c2ccccc2)c1. The van der Waals surface area contributed by atoms with Gasteiger partial charge in [0.15, 0.2) is 0 Å². The summed E-state index contributed by atoms with van der Waals surface area (Å²) in [7, 11) is 1.72. The second-order valence-corrected chi connectivity index (χ2v) is 7.11. The van der Waals surface area contributed by atoms with Crippen molar-refractivity contribution < 1.29 is 4.74 Å². The fourth-order valence-corrected chi connectivity index (χ4v) is 4.74. The lowest BCUT2D eigenvalue weighted by molar-refractivity contribution is 0.416. The molecule has 0 bridgehead atoms. The second kappa shape index (κ2) is 7.19. The van der Waals surface area contributed by atoms with E-state index in [1.54, 1.807) is 18.4 Å². The number of hydrogen-bond acceptors (Lipinski definition) is 2. The highest BCUT2D eigenvalue weighted by Crippen LogP contribution is 2.48. The van der Waals surface area contributed by atoms with Gasteiger partial charge in [0.1, 0.15) is 5.75 Å². The summed E-state index contributed by atoms with van der Waals surface area (Å²) in [6.07, 6.45) is 0. The first-order valence-electron chi connectivity index (χ1n) is 8.65. The van der Waals surface area contributed by atoms with Crippen LogP contribution in [-0.4, -0.2) is 7.11 Å². The van der Waals surface area contributed by atoms with Crippen LogP contribution in [0.4, 0.5) is 0 Å². The van der Waals surface area contributed by atoms with Gasteiger partial charge in [-0.1, -0.05) is 91.0 Å². The Labute approximate surface area is 158 Å². The fourth-order valence-electron chi connectivity index (χ4n) is 3.61. The van der Waals surface area contributed by atoms with Crippen molar-refractivity contribution in [3.05, 3.63) is 124 Å². The molecular formula is C24H20OS. The van der Waals surface area contributed by atoms with Crippen molar-refractivity contribution in [2.75, 3.05) is 7.11 Å². The summed E-state index contributed by atoms with van der Waals surface area (Å²) in [4.78, 5) is 1.25. The fraction of sp³-hybridized carbons (Fsp3) is 0.0833. The van der Waals surface area contributed by atoms with E-state index < -0.39 is 0 Å². The molecule has 0 atom stereocenters. The number of hydrogen-bond donors (Lipinski definition) is 0. The van der Waals surface area contributed by atoms with Crippen molar-refractivity contribution in [2.24, 2.45) is 0 Å². The summed E-state index contributed by atoms with van der Waals surface area (Å²) in [5.41, 5.74) is 3.39. The normalized spacial score (nSPS) is 11.3. The van der Waals surface area contributed by atoms with Crippen molar-refractivity contribution in [2.45, 2.75) is 5.41 Å². The molecule has 1 nitrogen and oxygen atoms in total. The molecule has 0 saturated carbocycles. The lowest BCUT2D eigenvalue weighted by atomic mass is 9.68. The molecule has 0 aliphatic heterocycles. The van der Waals surface area contributed by atoms with E-state index in [1.807, 2.05) is 0 Å². The molecule has 2 heteroatoms. The third-order valence-electron chi connectivity index (χ3n) is 4.80. The van der Waals surface area contributed by atoms with Gasteiger partial charge in [0, 0.05) is 10.3 Å². The van der Waals surface area contributed by atoms with Crippen molar-refractivity contribution in [3.63, 3.8) is 0 Å². The quantitative estimate of drug-likeness (QED) is 0.390. The van der Waals surface area contributed by atoms with Crippen LogP contribution in [0.15, 0.2) is 102 Å². The first-order valence-corrected chi connectivity index (χ1v) is 9.53. The van der Waals surface area contributed by atoms with E-state index in [2.05, 4.69) is 102 Å². The Balaban J connectivity index is 2.10. The Morgan fingerprint density at radius 2 is 1.08 bits per heavy atom. The zero-order chi connectivity index (χ0) is 17.8. The predicted molar refractivity (Wildman–Crippen MR) is 109 cm³/mol. The van der Waals surface area contributed by atoms with E-state index in [1.165, 1.54) is 21.6 Å². The van der Waals surface area contributed by atoms with Crippen LogP contribution in [-0.2, 0) is 5.41 Å². The van der Waals surface area contributed by atoms with Crippen LogP contribution in [0, 0.1) is 0 Å². The molecule has 0 amide bonds. The summed E-state index contributed by atoms with van der Waals surface area (Å²) in [6, 6.07) is 34.3. The maximum atomic E-state index is 5.51. The number of thiophene rings is 1. The molecule has 0 aliphatic rings. The summed E-state index contributed by atoms with van der Waals surface area (Å²) in [6.45, 7) is 0. The first-order chi connectivity index (χ1) is 12.9. The van der Waals surface area contributed by atoms with Crippen molar-refractivity contribution in [1.82, 2.24) is 0 Å². The Kier molecular flexibility index (Phi) is 4.59. The van der Waals surface area contributed by atoms with E-state index >= 15 is 0 Å². The van der Waals surface area contributed by atoms with E-state index in [-0.39, 0.29) is 5.41 Å². The zero-order valence-electron chi connectivity index (χ0n) is 14.6. The summed E-state index contributed by atoms with van der Waals surface area (Å²) in [5, 5.41) is 2.08. The first kappa shape index (κ1) is 16.6. The third-order valence-corrected chi connectivity index (χ3v) is 5.83. The average molecular weight is 356 g/mol. The van der Waals surface area contributed by atoms with Crippen LogP contribution < -0.4 is 4.74 Å². The van der Waals surface area contributed by atoms with Gasteiger partial charge in [0.05, 0.1) is 12.5 Å². The van der Waals surface area contributed by atoms with Gasteiger partial charge in [-0.3, -0.25) is 0 Å². The molecule has 4 rings (SSSR count). The Hall–Kier alpha value is -2.84. The van der Waals surface area contributed by atoms with Crippen LogP contribution in [0.25, 0.3) is 0 Å². The topological polar surface area (TPSA) is 9.23 Å². The second-order valence-electron chi connectivity index (χ2n) is 6.20. The monoisotopic (exact) mass is 356 g/mol. The maximum Gasteiger partial charge on any atom is 0.129 e. The minimum absolute atomic E-state index is 0.370. The largest absolute Gasteiger partial charge is 0.496 e. The summed E-state index contributed by atoms with van der Waals surface area (Å²) >= 11 is 1.74. The van der Waals surface area contributed by atoms with Crippen LogP contribution in [0.2, 0.25) is 0 Å². The van der Waals surface area contributed by atoms with Gasteiger partial charge in [0.2, 0.25) is 0 Å². The van der Waals surface area contributed by atoms with E-state index in [0.717, 1.165) is 5.75 Å². The Morgan fingerprint density at radius 3 is 1.42 bits per heavy atom. The number of methoxy groups -OCH3 is 1. The van der Waals surface area contributed by atoms with Crippen LogP contribution in [0.1, 0.15) is 21.6 Å². The van der Waals surface area contributed by atoms with E-state index in [0.29, 0.717) is 0 Å². The predicted octanol–water partition coefficient (Wildman–Crippen LogP) is 6.14. The maximum absolute atomic E-state index is 5.51. The third kappa shape index (κ3) is 2.73. The summed E-state index contributed by atoms with van der Waals surface area (Å²) < 4.78 is 5.51. The molecule has 0 N–H and O–H groups in total. The Bertz CT molecular complexity index is 862. The van der Waals surface area contributed by atoms with Crippen LogP contribution in [0.3, 0.4) is 0 Å². The van der Waals surface area contributed by atoms with Gasteiger partial charge in [-0.25, -0.2) is 0 Å². The molecule has 3 aromatic carbocycles. The number of ether oxygens (including phenoxy) is 1. The van der Waals surface area contributed by atoms with Crippen LogP contribution in [0.5, 0.6) is 5.75 Å². The Morgan fingerprint density at radius 1 is 0.654 bits per heavy atom. The van der Waals surface area contributed by atoms with Gasteiger partial charge >= 0.3 is 0 Å². The molecule has 4 aromatic rings. The highest BCUT2D eigenvalue weighted by Gasteiger charge is 2.39. The van der Waals surface area contributed by atoms with E-state index in [9.17, 15) is 0 Å². The molecule has 0 spiro atoms. The van der Waals surface area contributed by atoms with Crippen molar-refractivity contribution in [3.8, 4) is 5.75 Å².